The summed E-state index contributed by atoms with van der Waals surface area (Å²) in [7, 11) is 1.65. The molecule has 0 unspecified atom stereocenters. The molecule has 0 bridgehead atoms. The number of aromatic amines is 1. The molecule has 0 spiro atoms. The normalized spacial score (nSPS) is 11.0. The zero-order valence-electron chi connectivity index (χ0n) is 16.8. The predicted octanol–water partition coefficient (Wildman–Crippen LogP) is 6.25. The number of hydrogen-bond donors (Lipinski definition) is 2. The molecule has 0 aliphatic heterocycles. The molecule has 0 saturated heterocycles. The first kappa shape index (κ1) is 21.9. The summed E-state index contributed by atoms with van der Waals surface area (Å²) < 4.78 is 14.0. The number of hydrogen-bond acceptors (Lipinski definition) is 2. The van der Waals surface area contributed by atoms with E-state index in [-0.39, 0.29) is 23.0 Å². The molecule has 162 valence electrons. The first-order valence-electron chi connectivity index (χ1n) is 9.58. The lowest BCUT2D eigenvalue weighted by Gasteiger charge is -2.19. The lowest BCUT2D eigenvalue weighted by molar-refractivity contribution is 0.0696. The van der Waals surface area contributed by atoms with Crippen LogP contribution in [-0.2, 0) is 6.54 Å². The van der Waals surface area contributed by atoms with Crippen molar-refractivity contribution in [3.05, 3.63) is 93.3 Å². The van der Waals surface area contributed by atoms with Gasteiger partial charge in [0.2, 0.25) is 0 Å². The van der Waals surface area contributed by atoms with Crippen LogP contribution < -0.4 is 0 Å². The van der Waals surface area contributed by atoms with Gasteiger partial charge in [0.25, 0.3) is 5.91 Å². The number of nitrogens with zero attached hydrogens (tertiary/aromatic N) is 1. The van der Waals surface area contributed by atoms with Crippen LogP contribution in [0.5, 0.6) is 0 Å². The standard InChI is InChI=1S/C24H17Cl2FN2O3/c1-29(23(30)22-9-14-2-5-16(25)10-21(14)28-22)12-15-3-6-17(27)11-19(15)13-4-7-18(24(31)32)20(26)8-13/h2-11,28H,12H2,1H3,(H,31,32). The van der Waals surface area contributed by atoms with Crippen molar-refractivity contribution in [2.24, 2.45) is 0 Å². The number of halogens is 3. The number of benzene rings is 3. The maximum atomic E-state index is 14.0. The minimum absolute atomic E-state index is 0.0421. The lowest BCUT2D eigenvalue weighted by atomic mass is 9.98. The first-order valence-corrected chi connectivity index (χ1v) is 10.3. The number of amides is 1. The fourth-order valence-corrected chi connectivity index (χ4v) is 3.99. The van der Waals surface area contributed by atoms with E-state index in [0.29, 0.717) is 27.4 Å². The summed E-state index contributed by atoms with van der Waals surface area (Å²) in [6.07, 6.45) is 0. The van der Waals surface area contributed by atoms with Gasteiger partial charge in [0, 0.05) is 29.5 Å². The van der Waals surface area contributed by atoms with Gasteiger partial charge in [-0.3, -0.25) is 4.79 Å². The van der Waals surface area contributed by atoms with Crippen LogP contribution in [0.1, 0.15) is 26.4 Å². The van der Waals surface area contributed by atoms with Crippen LogP contribution in [-0.4, -0.2) is 33.9 Å². The molecule has 1 amide bonds. The quantitative estimate of drug-likeness (QED) is 0.361. The fourth-order valence-electron chi connectivity index (χ4n) is 3.56. The second kappa shape index (κ2) is 8.65. The summed E-state index contributed by atoms with van der Waals surface area (Å²) in [4.78, 5) is 28.8. The molecule has 1 aromatic heterocycles. The number of carbonyl (C=O) groups is 2. The summed E-state index contributed by atoms with van der Waals surface area (Å²) >= 11 is 12.1. The van der Waals surface area contributed by atoms with E-state index in [1.54, 1.807) is 37.4 Å². The molecule has 2 N–H and O–H groups in total. The Kier molecular flexibility index (Phi) is 5.91. The Morgan fingerprint density at radius 1 is 1.03 bits per heavy atom. The van der Waals surface area contributed by atoms with Crippen LogP contribution >= 0.6 is 23.2 Å². The number of carboxylic acids is 1. The van der Waals surface area contributed by atoms with Crippen molar-refractivity contribution in [2.45, 2.75) is 6.54 Å². The van der Waals surface area contributed by atoms with E-state index in [4.69, 9.17) is 23.2 Å². The van der Waals surface area contributed by atoms with Gasteiger partial charge in [-0.05, 0) is 59.2 Å². The molecule has 0 atom stereocenters. The summed E-state index contributed by atoms with van der Waals surface area (Å²) in [6, 6.07) is 15.7. The number of aromatic nitrogens is 1. The predicted molar refractivity (Wildman–Crippen MR) is 123 cm³/mol. The molecule has 0 aliphatic carbocycles. The monoisotopic (exact) mass is 470 g/mol. The molecule has 8 heteroatoms. The van der Waals surface area contributed by atoms with Crippen molar-refractivity contribution in [3.8, 4) is 11.1 Å². The van der Waals surface area contributed by atoms with E-state index in [9.17, 15) is 19.1 Å². The smallest absolute Gasteiger partial charge is 0.337 e. The van der Waals surface area contributed by atoms with Crippen LogP contribution in [0.4, 0.5) is 4.39 Å². The summed E-state index contributed by atoms with van der Waals surface area (Å²) in [6.45, 7) is 0.197. The molecule has 4 rings (SSSR count). The molecular formula is C24H17Cl2FN2O3. The van der Waals surface area contributed by atoms with E-state index in [2.05, 4.69) is 4.98 Å². The van der Waals surface area contributed by atoms with Gasteiger partial charge < -0.3 is 15.0 Å². The highest BCUT2D eigenvalue weighted by molar-refractivity contribution is 6.33. The highest BCUT2D eigenvalue weighted by Gasteiger charge is 2.18. The molecule has 32 heavy (non-hydrogen) atoms. The Morgan fingerprint density at radius 3 is 2.53 bits per heavy atom. The second-order valence-electron chi connectivity index (χ2n) is 7.38. The number of nitrogens with one attached hydrogen (secondary N) is 1. The largest absolute Gasteiger partial charge is 0.478 e. The minimum atomic E-state index is -1.15. The Bertz CT molecular complexity index is 1370. The van der Waals surface area contributed by atoms with Crippen LogP contribution in [0.15, 0.2) is 60.7 Å². The molecule has 5 nitrogen and oxygen atoms in total. The zero-order valence-corrected chi connectivity index (χ0v) is 18.3. The van der Waals surface area contributed by atoms with E-state index >= 15 is 0 Å². The third-order valence-electron chi connectivity index (χ3n) is 5.15. The van der Waals surface area contributed by atoms with Gasteiger partial charge in [-0.1, -0.05) is 41.4 Å². The van der Waals surface area contributed by atoms with Crippen LogP contribution in [0.2, 0.25) is 10.0 Å². The van der Waals surface area contributed by atoms with Crippen molar-refractivity contribution >= 4 is 46.0 Å². The third-order valence-corrected chi connectivity index (χ3v) is 5.70. The number of carboxylic acid groups (broad SMARTS) is 1. The maximum Gasteiger partial charge on any atom is 0.337 e. The topological polar surface area (TPSA) is 73.4 Å². The Morgan fingerprint density at radius 2 is 1.81 bits per heavy atom. The number of aromatic carboxylic acids is 1. The molecular weight excluding hydrogens is 454 g/mol. The van der Waals surface area contributed by atoms with Gasteiger partial charge in [0.05, 0.1) is 10.6 Å². The minimum Gasteiger partial charge on any atom is -0.478 e. The molecule has 3 aromatic carbocycles. The molecule has 0 fully saturated rings. The van der Waals surface area contributed by atoms with Gasteiger partial charge in [0.1, 0.15) is 11.5 Å². The molecule has 0 radical (unpaired) electrons. The highest BCUT2D eigenvalue weighted by atomic mass is 35.5. The van der Waals surface area contributed by atoms with Gasteiger partial charge >= 0.3 is 5.97 Å². The fraction of sp³-hybridized carbons (Fsp3) is 0.0833. The van der Waals surface area contributed by atoms with Crippen molar-refractivity contribution in [1.82, 2.24) is 9.88 Å². The van der Waals surface area contributed by atoms with Crippen molar-refractivity contribution in [3.63, 3.8) is 0 Å². The van der Waals surface area contributed by atoms with Gasteiger partial charge in [-0.15, -0.1) is 0 Å². The van der Waals surface area contributed by atoms with E-state index in [1.165, 1.54) is 29.2 Å². The number of fused-ring (bicyclic) bond motifs is 1. The van der Waals surface area contributed by atoms with Gasteiger partial charge in [-0.2, -0.15) is 0 Å². The molecule has 4 aromatic rings. The SMILES string of the molecule is CN(Cc1ccc(F)cc1-c1ccc(C(=O)O)c(Cl)c1)C(=O)c1cc2ccc(Cl)cc2[nH]1. The van der Waals surface area contributed by atoms with Crippen molar-refractivity contribution in [1.29, 1.82) is 0 Å². The van der Waals surface area contributed by atoms with Crippen molar-refractivity contribution in [2.75, 3.05) is 7.05 Å². The molecule has 1 heterocycles. The molecule has 0 aliphatic rings. The number of carbonyl (C=O) groups excluding carboxylic acids is 1. The Balaban J connectivity index is 1.64. The first-order chi connectivity index (χ1) is 15.2. The van der Waals surface area contributed by atoms with Crippen LogP contribution in [0.3, 0.4) is 0 Å². The number of rotatable bonds is 5. The summed E-state index contributed by atoms with van der Waals surface area (Å²) in [5.74, 6) is -1.85. The number of H-pyrrole nitrogens is 1. The van der Waals surface area contributed by atoms with Crippen molar-refractivity contribution < 1.29 is 19.1 Å². The highest BCUT2D eigenvalue weighted by Crippen LogP contribution is 2.30. The van der Waals surface area contributed by atoms with E-state index in [0.717, 1.165) is 10.9 Å². The zero-order chi connectivity index (χ0) is 23.0. The Hall–Kier alpha value is -3.35. The van der Waals surface area contributed by atoms with Gasteiger partial charge in [0.15, 0.2) is 0 Å². The summed E-state index contributed by atoms with van der Waals surface area (Å²) in [5.41, 5.74) is 2.87. The lowest BCUT2D eigenvalue weighted by Crippen LogP contribution is -2.26. The average molecular weight is 471 g/mol. The third kappa shape index (κ3) is 4.33. The van der Waals surface area contributed by atoms with Gasteiger partial charge in [-0.25, -0.2) is 9.18 Å². The summed E-state index contributed by atoms with van der Waals surface area (Å²) in [5, 5.41) is 10.7. The molecule has 0 saturated carbocycles. The van der Waals surface area contributed by atoms with E-state index < -0.39 is 11.8 Å². The Labute approximate surface area is 193 Å². The van der Waals surface area contributed by atoms with Crippen LogP contribution in [0.25, 0.3) is 22.0 Å². The maximum absolute atomic E-state index is 14.0. The second-order valence-corrected chi connectivity index (χ2v) is 8.22. The van der Waals surface area contributed by atoms with E-state index in [1.807, 2.05) is 6.07 Å². The average Bonchev–Trinajstić information content (AvgIpc) is 3.17. The van der Waals surface area contributed by atoms with Crippen LogP contribution in [0, 0.1) is 5.82 Å².